The number of piperidine rings is 1. The van der Waals surface area contributed by atoms with E-state index in [0.29, 0.717) is 49.2 Å². The lowest BCUT2D eigenvalue weighted by atomic mass is 9.85. The van der Waals surface area contributed by atoms with Gasteiger partial charge in [-0.05, 0) is 78.6 Å². The fourth-order valence-electron chi connectivity index (χ4n) is 6.19. The Hall–Kier alpha value is -3.79. The highest BCUT2D eigenvalue weighted by atomic mass is 19.1. The number of hydrogen-bond donors (Lipinski definition) is 1. The molecule has 3 aromatic rings. The fraction of sp³-hybridized carbons (Fsp3) is 0.424. The number of nitrogens with one attached hydrogen (secondary N) is 1. The third-order valence-electron chi connectivity index (χ3n) is 8.42. The van der Waals surface area contributed by atoms with Gasteiger partial charge in [-0.25, -0.2) is 22.4 Å². The highest BCUT2D eigenvalue weighted by Crippen LogP contribution is 2.31. The van der Waals surface area contributed by atoms with Gasteiger partial charge < -0.3 is 15.1 Å². The predicted octanol–water partition coefficient (Wildman–Crippen LogP) is 5.78. The summed E-state index contributed by atoms with van der Waals surface area (Å²) in [5, 5.41) is 3.33. The molecule has 2 amide bonds. The molecule has 2 aliphatic rings. The van der Waals surface area contributed by atoms with E-state index in [1.165, 1.54) is 30.5 Å². The number of halogens is 4. The number of carbonyl (C=O) groups is 2. The summed E-state index contributed by atoms with van der Waals surface area (Å²) in [6.45, 7) is 3.38. The van der Waals surface area contributed by atoms with Crippen LogP contribution in [0.15, 0.2) is 54.9 Å². The number of benzene rings is 2. The number of ketones is 1. The second-order valence-electron chi connectivity index (χ2n) is 11.4. The molecule has 228 valence electrons. The Bertz CT molecular complexity index is 1410. The Morgan fingerprint density at radius 1 is 0.884 bits per heavy atom. The Balaban J connectivity index is 1.31. The maximum absolute atomic E-state index is 15.1. The molecule has 2 aliphatic heterocycles. The van der Waals surface area contributed by atoms with Crippen molar-refractivity contribution in [2.75, 3.05) is 32.7 Å². The molecule has 0 radical (unpaired) electrons. The van der Waals surface area contributed by atoms with E-state index in [9.17, 15) is 22.8 Å². The lowest BCUT2D eigenvalue weighted by Crippen LogP contribution is -2.57. The Labute approximate surface area is 249 Å². The number of carbonyl (C=O) groups excluding carboxylic acids is 2. The number of hydrogen-bond acceptors (Lipinski definition) is 4. The van der Waals surface area contributed by atoms with Gasteiger partial charge in [-0.2, -0.15) is 0 Å². The molecule has 1 N–H and O–H groups in total. The average molecular weight is 597 g/mol. The third kappa shape index (κ3) is 7.79. The first-order valence-corrected chi connectivity index (χ1v) is 14.9. The number of amides is 2. The van der Waals surface area contributed by atoms with Gasteiger partial charge in [0, 0.05) is 69.8 Å². The van der Waals surface area contributed by atoms with E-state index in [4.69, 9.17) is 0 Å². The zero-order valence-electron chi connectivity index (χ0n) is 24.0. The van der Waals surface area contributed by atoms with E-state index in [0.717, 1.165) is 56.7 Å². The number of urea groups is 1. The molecule has 6 nitrogen and oxygen atoms in total. The minimum absolute atomic E-state index is 0.0254. The Morgan fingerprint density at radius 2 is 1.60 bits per heavy atom. The highest BCUT2D eigenvalue weighted by Gasteiger charge is 2.31. The maximum Gasteiger partial charge on any atom is 0.320 e. The molecule has 0 bridgehead atoms. The van der Waals surface area contributed by atoms with E-state index < -0.39 is 29.2 Å². The lowest BCUT2D eigenvalue weighted by Gasteiger charge is -2.40. The fourth-order valence-corrected chi connectivity index (χ4v) is 6.19. The van der Waals surface area contributed by atoms with Crippen LogP contribution in [-0.4, -0.2) is 65.4 Å². The number of piperazine rings is 1. The van der Waals surface area contributed by atoms with E-state index in [1.54, 1.807) is 0 Å². The maximum atomic E-state index is 15.1. The molecule has 2 atom stereocenters. The van der Waals surface area contributed by atoms with Crippen molar-refractivity contribution in [2.45, 2.75) is 56.9 Å². The van der Waals surface area contributed by atoms with Gasteiger partial charge in [-0.15, -0.1) is 0 Å². The van der Waals surface area contributed by atoms with Crippen LogP contribution in [0.2, 0.25) is 0 Å². The van der Waals surface area contributed by atoms with Gasteiger partial charge in [0.1, 0.15) is 29.1 Å². The quantitative estimate of drug-likeness (QED) is 0.318. The van der Waals surface area contributed by atoms with E-state index >= 15 is 4.39 Å². The largest absolute Gasteiger partial charge is 0.325 e. The van der Waals surface area contributed by atoms with Crippen molar-refractivity contribution in [1.82, 2.24) is 20.1 Å². The molecular formula is C33H36F4N4O2. The van der Waals surface area contributed by atoms with Crippen LogP contribution in [0.4, 0.5) is 22.4 Å². The van der Waals surface area contributed by atoms with Crippen LogP contribution < -0.4 is 5.32 Å². The molecular weight excluding hydrogens is 560 g/mol. The van der Waals surface area contributed by atoms with Crippen LogP contribution in [-0.2, 0) is 17.6 Å². The summed E-state index contributed by atoms with van der Waals surface area (Å²) in [6, 6.07) is 8.42. The van der Waals surface area contributed by atoms with Crippen LogP contribution in [0, 0.1) is 23.3 Å². The summed E-state index contributed by atoms with van der Waals surface area (Å²) in [7, 11) is 0. The Morgan fingerprint density at radius 3 is 2.33 bits per heavy atom. The minimum atomic E-state index is -0.781. The van der Waals surface area contributed by atoms with Gasteiger partial charge in [0.25, 0.3) is 0 Å². The van der Waals surface area contributed by atoms with E-state index in [2.05, 4.69) is 10.3 Å². The first-order chi connectivity index (χ1) is 20.8. The Kier molecular flexibility index (Phi) is 10.1. The zero-order valence-corrected chi connectivity index (χ0v) is 24.0. The first kappa shape index (κ1) is 30.7. The predicted molar refractivity (Wildman–Crippen MR) is 155 cm³/mol. The van der Waals surface area contributed by atoms with Gasteiger partial charge in [0.05, 0.1) is 6.20 Å². The molecule has 1 aromatic heterocycles. The highest BCUT2D eigenvalue weighted by molar-refractivity contribution is 5.82. The summed E-state index contributed by atoms with van der Waals surface area (Å²) >= 11 is 0. The molecule has 10 heteroatoms. The first-order valence-electron chi connectivity index (χ1n) is 14.9. The topological polar surface area (TPSA) is 65.5 Å². The second-order valence-corrected chi connectivity index (χ2v) is 11.4. The normalized spacial score (nSPS) is 18.0. The number of aromatic nitrogens is 1. The molecule has 2 aromatic carbocycles. The molecule has 0 saturated carbocycles. The number of nitrogens with zero attached hydrogens (tertiary/aromatic N) is 3. The zero-order chi connectivity index (χ0) is 30.3. The lowest BCUT2D eigenvalue weighted by molar-refractivity contribution is -0.118. The number of Topliss-reactive ketones (excluding diaryl/α,β-unsaturated/α-hetero) is 1. The van der Waals surface area contributed by atoms with Crippen molar-refractivity contribution < 1.29 is 27.2 Å². The molecule has 2 saturated heterocycles. The van der Waals surface area contributed by atoms with Crippen LogP contribution in [0.1, 0.15) is 60.3 Å². The van der Waals surface area contributed by atoms with E-state index in [-0.39, 0.29) is 36.3 Å². The molecule has 3 heterocycles. The molecule has 0 spiro atoms. The van der Waals surface area contributed by atoms with Crippen LogP contribution in [0.25, 0.3) is 0 Å². The molecule has 0 aliphatic carbocycles. The van der Waals surface area contributed by atoms with Gasteiger partial charge in [0.15, 0.2) is 0 Å². The van der Waals surface area contributed by atoms with Gasteiger partial charge in [-0.1, -0.05) is 12.1 Å². The summed E-state index contributed by atoms with van der Waals surface area (Å²) in [4.78, 5) is 34.5. The van der Waals surface area contributed by atoms with Crippen molar-refractivity contribution in [1.29, 1.82) is 0 Å². The molecule has 0 unspecified atom stereocenters. The van der Waals surface area contributed by atoms with Crippen molar-refractivity contribution in [3.8, 4) is 0 Å². The van der Waals surface area contributed by atoms with Crippen molar-refractivity contribution in [3.05, 3.63) is 100 Å². The van der Waals surface area contributed by atoms with Crippen molar-refractivity contribution in [2.24, 2.45) is 0 Å². The monoisotopic (exact) mass is 596 g/mol. The van der Waals surface area contributed by atoms with Crippen molar-refractivity contribution >= 4 is 11.8 Å². The summed E-state index contributed by atoms with van der Waals surface area (Å²) in [6.07, 6.45) is 6.28. The van der Waals surface area contributed by atoms with Gasteiger partial charge >= 0.3 is 6.03 Å². The van der Waals surface area contributed by atoms with Crippen molar-refractivity contribution in [3.63, 3.8) is 0 Å². The van der Waals surface area contributed by atoms with Crippen LogP contribution in [0.5, 0.6) is 0 Å². The summed E-state index contributed by atoms with van der Waals surface area (Å²) < 4.78 is 57.0. The number of pyridine rings is 1. The standard InChI is InChI=1S/C33H36F4N4O2/c34-25-6-4-22(5-7-25)31(23-14-26(35)17-27(36)15-23)18-29(42)16-24-19-39-21-32(37)30(24)9-8-28-20-38-10-13-41(28)33(43)40-11-2-1-3-12-40/h4-7,14-15,17,19,21,28,31,38H,1-3,8-13,16,18,20H2/t28-,31-/m0/s1. The van der Waals surface area contributed by atoms with Gasteiger partial charge in [0.2, 0.25) is 0 Å². The van der Waals surface area contributed by atoms with Crippen LogP contribution >= 0.6 is 0 Å². The summed E-state index contributed by atoms with van der Waals surface area (Å²) in [5.74, 6) is -3.57. The molecule has 43 heavy (non-hydrogen) atoms. The number of likely N-dealkylation sites (tertiary alicyclic amines) is 1. The molecule has 2 fully saturated rings. The SMILES string of the molecule is O=C(Cc1cncc(F)c1CC[C@H]1CNCCN1C(=O)N1CCCCC1)C[C@@H](c1ccc(F)cc1)c1cc(F)cc(F)c1. The average Bonchev–Trinajstić information content (AvgIpc) is 3.00. The van der Waals surface area contributed by atoms with Gasteiger partial charge in [-0.3, -0.25) is 9.78 Å². The van der Waals surface area contributed by atoms with E-state index in [1.807, 2.05) is 9.80 Å². The van der Waals surface area contributed by atoms with Crippen LogP contribution in [0.3, 0.4) is 0 Å². The summed E-state index contributed by atoms with van der Waals surface area (Å²) in [5.41, 5.74) is 1.58. The third-order valence-corrected chi connectivity index (χ3v) is 8.42. The smallest absolute Gasteiger partial charge is 0.320 e. The minimum Gasteiger partial charge on any atom is -0.325 e. The number of rotatable bonds is 9. The second kappa shape index (κ2) is 14.1. The molecule has 5 rings (SSSR count).